The van der Waals surface area contributed by atoms with Crippen molar-refractivity contribution in [1.29, 1.82) is 0 Å². The van der Waals surface area contributed by atoms with Crippen LogP contribution in [0.1, 0.15) is 64.2 Å². The second-order valence-corrected chi connectivity index (χ2v) is 9.13. The lowest BCUT2D eigenvalue weighted by molar-refractivity contribution is -0.115. The molecule has 5 nitrogen and oxygen atoms in total. The number of allylic oxidation sites excluding steroid dienone is 9. The quantitative estimate of drug-likeness (QED) is 0.384. The van der Waals surface area contributed by atoms with E-state index in [9.17, 15) is 14.7 Å². The van der Waals surface area contributed by atoms with Gasteiger partial charge in [-0.05, 0) is 74.8 Å². The van der Waals surface area contributed by atoms with E-state index in [0.29, 0.717) is 5.57 Å². The SMILES string of the molecule is COc1ccc(C(=O)NC(=O)C=C(C)C=CC=C(C)C=CC2=C(C)CCCC2(C)C)cc1O. The van der Waals surface area contributed by atoms with Gasteiger partial charge in [0, 0.05) is 11.6 Å². The summed E-state index contributed by atoms with van der Waals surface area (Å²) in [6.45, 7) is 10.7. The minimum absolute atomic E-state index is 0.165. The van der Waals surface area contributed by atoms with Gasteiger partial charge in [0.1, 0.15) is 0 Å². The second kappa shape index (κ2) is 11.5. The number of nitrogens with one attached hydrogen (secondary N) is 1. The van der Waals surface area contributed by atoms with Gasteiger partial charge in [0.25, 0.3) is 11.8 Å². The summed E-state index contributed by atoms with van der Waals surface area (Å²) in [5.74, 6) is -1.03. The predicted octanol–water partition coefficient (Wildman–Crippen LogP) is 6.19. The summed E-state index contributed by atoms with van der Waals surface area (Å²) < 4.78 is 4.95. The number of benzene rings is 1. The highest BCUT2D eigenvalue weighted by Crippen LogP contribution is 2.40. The lowest BCUT2D eigenvalue weighted by Crippen LogP contribution is -2.29. The summed E-state index contributed by atoms with van der Waals surface area (Å²) in [6, 6.07) is 4.20. The maximum absolute atomic E-state index is 12.2. The van der Waals surface area contributed by atoms with E-state index in [4.69, 9.17) is 4.74 Å². The fraction of sp³-hybridized carbons (Fsp3) is 0.357. The average molecular weight is 450 g/mol. The van der Waals surface area contributed by atoms with Crippen molar-refractivity contribution in [3.05, 3.63) is 82.5 Å². The van der Waals surface area contributed by atoms with Crippen molar-refractivity contribution in [2.45, 2.75) is 53.9 Å². The summed E-state index contributed by atoms with van der Waals surface area (Å²) in [6.07, 6.45) is 15.0. The Labute approximate surface area is 197 Å². The molecule has 0 heterocycles. The Kier molecular flexibility index (Phi) is 9.03. The molecule has 0 aromatic heterocycles. The number of ether oxygens (including phenoxy) is 1. The smallest absolute Gasteiger partial charge is 0.258 e. The Hall–Kier alpha value is -3.34. The number of carbonyl (C=O) groups excluding carboxylic acids is 2. The van der Waals surface area contributed by atoms with E-state index in [1.54, 1.807) is 6.92 Å². The molecule has 1 aromatic rings. The van der Waals surface area contributed by atoms with Gasteiger partial charge in [-0.1, -0.05) is 55.4 Å². The summed E-state index contributed by atoms with van der Waals surface area (Å²) in [4.78, 5) is 24.4. The second-order valence-electron chi connectivity index (χ2n) is 9.13. The zero-order chi connectivity index (χ0) is 24.6. The zero-order valence-corrected chi connectivity index (χ0v) is 20.5. The van der Waals surface area contributed by atoms with Gasteiger partial charge in [0.15, 0.2) is 11.5 Å². The molecule has 0 aliphatic heterocycles. The molecule has 33 heavy (non-hydrogen) atoms. The lowest BCUT2D eigenvalue weighted by atomic mass is 9.72. The first-order valence-corrected chi connectivity index (χ1v) is 11.2. The molecule has 5 heteroatoms. The van der Waals surface area contributed by atoms with Crippen LogP contribution in [0.4, 0.5) is 0 Å². The van der Waals surface area contributed by atoms with Crippen LogP contribution in [0.5, 0.6) is 11.5 Å². The molecule has 0 saturated carbocycles. The Morgan fingerprint density at radius 1 is 1.15 bits per heavy atom. The summed E-state index contributed by atoms with van der Waals surface area (Å²) in [7, 11) is 1.42. The van der Waals surface area contributed by atoms with Crippen LogP contribution in [0, 0.1) is 5.41 Å². The number of methoxy groups -OCH3 is 1. The van der Waals surface area contributed by atoms with Gasteiger partial charge in [0.05, 0.1) is 7.11 Å². The Bertz CT molecular complexity index is 1050. The first-order valence-electron chi connectivity index (χ1n) is 11.2. The van der Waals surface area contributed by atoms with Crippen molar-refractivity contribution in [3.63, 3.8) is 0 Å². The molecular weight excluding hydrogens is 414 g/mol. The molecule has 0 saturated heterocycles. The molecule has 0 radical (unpaired) electrons. The first-order chi connectivity index (χ1) is 15.5. The maximum atomic E-state index is 12.2. The highest BCUT2D eigenvalue weighted by atomic mass is 16.5. The van der Waals surface area contributed by atoms with Gasteiger partial charge in [-0.2, -0.15) is 0 Å². The van der Waals surface area contributed by atoms with E-state index in [1.807, 2.05) is 25.2 Å². The number of carbonyl (C=O) groups is 2. The van der Waals surface area contributed by atoms with Gasteiger partial charge in [0.2, 0.25) is 0 Å². The van der Waals surface area contributed by atoms with E-state index in [2.05, 4.69) is 38.2 Å². The van der Waals surface area contributed by atoms with Crippen LogP contribution in [-0.2, 0) is 4.79 Å². The number of aromatic hydroxyl groups is 1. The van der Waals surface area contributed by atoms with Crippen molar-refractivity contribution >= 4 is 11.8 Å². The average Bonchev–Trinajstić information content (AvgIpc) is 2.72. The number of imide groups is 1. The number of phenols is 1. The normalized spacial score (nSPS) is 17.0. The van der Waals surface area contributed by atoms with Gasteiger partial charge in [-0.3, -0.25) is 14.9 Å². The molecule has 0 spiro atoms. The predicted molar refractivity (Wildman–Crippen MR) is 133 cm³/mol. The molecule has 2 N–H and O–H groups in total. The minimum Gasteiger partial charge on any atom is -0.504 e. The van der Waals surface area contributed by atoms with Gasteiger partial charge in [-0.25, -0.2) is 0 Å². The Morgan fingerprint density at radius 3 is 2.52 bits per heavy atom. The van der Waals surface area contributed by atoms with E-state index in [0.717, 1.165) is 5.57 Å². The standard InChI is InChI=1S/C28H35NO4/c1-19(12-14-23-21(3)11-8-16-28(23,4)5)9-7-10-20(2)17-26(31)29-27(32)22-13-15-25(33-6)24(30)18-22/h7,9-10,12-15,17-18,30H,8,11,16H2,1-6H3,(H,29,31,32). The minimum atomic E-state index is -0.595. The molecule has 0 atom stereocenters. The molecule has 0 fully saturated rings. The van der Waals surface area contributed by atoms with Crippen LogP contribution >= 0.6 is 0 Å². The van der Waals surface area contributed by atoms with Crippen LogP contribution in [0.25, 0.3) is 0 Å². The van der Waals surface area contributed by atoms with Crippen molar-refractivity contribution in [1.82, 2.24) is 5.32 Å². The van der Waals surface area contributed by atoms with Crippen molar-refractivity contribution in [2.24, 2.45) is 5.41 Å². The fourth-order valence-electron chi connectivity index (χ4n) is 3.94. The lowest BCUT2D eigenvalue weighted by Gasteiger charge is -2.32. The number of hydrogen-bond donors (Lipinski definition) is 2. The molecule has 2 rings (SSSR count). The van der Waals surface area contributed by atoms with Crippen molar-refractivity contribution < 1.29 is 19.4 Å². The van der Waals surface area contributed by atoms with E-state index < -0.39 is 11.8 Å². The maximum Gasteiger partial charge on any atom is 0.258 e. The molecule has 1 aromatic carbocycles. The summed E-state index contributed by atoms with van der Waals surface area (Å²) >= 11 is 0. The van der Waals surface area contributed by atoms with E-state index >= 15 is 0 Å². The van der Waals surface area contributed by atoms with Crippen LogP contribution < -0.4 is 10.1 Å². The third kappa shape index (κ3) is 7.63. The molecule has 1 aliphatic rings. The largest absolute Gasteiger partial charge is 0.504 e. The molecule has 1 aliphatic carbocycles. The van der Waals surface area contributed by atoms with E-state index in [1.165, 1.54) is 61.8 Å². The topological polar surface area (TPSA) is 75.6 Å². The van der Waals surface area contributed by atoms with Crippen molar-refractivity contribution in [3.8, 4) is 11.5 Å². The molecule has 176 valence electrons. The zero-order valence-electron chi connectivity index (χ0n) is 20.5. The third-order valence-corrected chi connectivity index (χ3v) is 5.81. The van der Waals surface area contributed by atoms with Gasteiger partial charge >= 0.3 is 0 Å². The summed E-state index contributed by atoms with van der Waals surface area (Å²) in [5.41, 5.74) is 5.09. The molecule has 2 amide bonds. The van der Waals surface area contributed by atoms with E-state index in [-0.39, 0.29) is 22.5 Å². The number of amides is 2. The molecule has 0 bridgehead atoms. The Balaban J connectivity index is 1.97. The number of hydrogen-bond acceptors (Lipinski definition) is 4. The summed E-state index contributed by atoms with van der Waals surface area (Å²) in [5, 5.41) is 12.1. The van der Waals surface area contributed by atoms with Crippen LogP contribution in [0.15, 0.2) is 76.9 Å². The van der Waals surface area contributed by atoms with Crippen molar-refractivity contribution in [2.75, 3.05) is 7.11 Å². The highest BCUT2D eigenvalue weighted by Gasteiger charge is 2.26. The third-order valence-electron chi connectivity index (χ3n) is 5.81. The van der Waals surface area contributed by atoms with Gasteiger partial charge in [-0.15, -0.1) is 0 Å². The number of phenolic OH excluding ortho intramolecular Hbond substituents is 1. The fourth-order valence-corrected chi connectivity index (χ4v) is 3.94. The highest BCUT2D eigenvalue weighted by molar-refractivity contribution is 6.08. The first kappa shape index (κ1) is 25.9. The molecular formula is C28H35NO4. The van der Waals surface area contributed by atoms with Crippen LogP contribution in [0.3, 0.4) is 0 Å². The Morgan fingerprint density at radius 2 is 1.88 bits per heavy atom. The van der Waals surface area contributed by atoms with Crippen LogP contribution in [-0.4, -0.2) is 24.0 Å². The van der Waals surface area contributed by atoms with Crippen LogP contribution in [0.2, 0.25) is 0 Å². The van der Waals surface area contributed by atoms with Gasteiger partial charge < -0.3 is 9.84 Å². The number of rotatable bonds is 7. The monoisotopic (exact) mass is 449 g/mol. The molecule has 0 unspecified atom stereocenters.